The lowest BCUT2D eigenvalue weighted by Crippen LogP contribution is -2.36. The van der Waals surface area contributed by atoms with Gasteiger partial charge in [0.15, 0.2) is 9.84 Å². The summed E-state index contributed by atoms with van der Waals surface area (Å²) in [6.45, 7) is 0. The van der Waals surface area contributed by atoms with E-state index in [2.05, 4.69) is 5.32 Å². The number of sulfone groups is 1. The van der Waals surface area contributed by atoms with Crippen molar-refractivity contribution in [3.05, 3.63) is 57.8 Å². The highest BCUT2D eigenvalue weighted by Gasteiger charge is 2.29. The zero-order valence-electron chi connectivity index (χ0n) is 14.5. The third kappa shape index (κ3) is 4.44. The van der Waals surface area contributed by atoms with Gasteiger partial charge in [-0.05, 0) is 30.7 Å². The Hall–Kier alpha value is -3.45. The third-order valence-electron chi connectivity index (χ3n) is 4.21. The number of hydrogen-bond donors (Lipinski definition) is 1. The fourth-order valence-corrected chi connectivity index (χ4v) is 4.47. The summed E-state index contributed by atoms with van der Waals surface area (Å²) in [5.41, 5.74) is 0.339. The van der Waals surface area contributed by atoms with Crippen molar-refractivity contribution < 1.29 is 22.6 Å². The number of nitro benzene ring substituents is 1. The summed E-state index contributed by atoms with van der Waals surface area (Å²) in [6, 6.07) is 10.2. The van der Waals surface area contributed by atoms with Gasteiger partial charge in [-0.3, -0.25) is 14.9 Å². The molecule has 1 aromatic heterocycles. The first-order valence-corrected chi connectivity index (χ1v) is 10.1. The van der Waals surface area contributed by atoms with E-state index in [4.69, 9.17) is 4.42 Å². The van der Waals surface area contributed by atoms with Crippen molar-refractivity contribution in [2.75, 3.05) is 11.5 Å². The second kappa shape index (κ2) is 7.66. The van der Waals surface area contributed by atoms with Crippen LogP contribution in [0.2, 0.25) is 0 Å². The lowest BCUT2D eigenvalue weighted by molar-refractivity contribution is -0.384. The van der Waals surface area contributed by atoms with Gasteiger partial charge in [-0.25, -0.2) is 8.42 Å². The van der Waals surface area contributed by atoms with Crippen LogP contribution in [0.1, 0.15) is 12.2 Å². The number of carbonyl (C=O) groups excluding carboxylic acids is 1. The molecule has 28 heavy (non-hydrogen) atoms. The van der Waals surface area contributed by atoms with Gasteiger partial charge < -0.3 is 9.73 Å². The zero-order valence-corrected chi connectivity index (χ0v) is 15.3. The van der Waals surface area contributed by atoms with Crippen LogP contribution in [0.5, 0.6) is 0 Å². The molecule has 1 saturated heterocycles. The molecule has 0 aliphatic carbocycles. The van der Waals surface area contributed by atoms with Crippen LogP contribution in [-0.4, -0.2) is 36.8 Å². The topological polar surface area (TPSA) is 143 Å². The lowest BCUT2D eigenvalue weighted by Gasteiger charge is -2.09. The minimum absolute atomic E-state index is 0.0142. The van der Waals surface area contributed by atoms with Crippen LogP contribution in [0.25, 0.3) is 17.4 Å². The molecule has 2 aromatic rings. The quantitative estimate of drug-likeness (QED) is 0.349. The van der Waals surface area contributed by atoms with Crippen molar-refractivity contribution in [3.63, 3.8) is 0 Å². The molecule has 0 unspecified atom stereocenters. The Morgan fingerprint density at radius 3 is 2.57 bits per heavy atom. The number of nitriles is 1. The first-order valence-electron chi connectivity index (χ1n) is 8.25. The first kappa shape index (κ1) is 19.3. The van der Waals surface area contributed by atoms with Crippen molar-refractivity contribution in [3.8, 4) is 17.4 Å². The molecule has 1 N–H and O–H groups in total. The highest BCUT2D eigenvalue weighted by molar-refractivity contribution is 7.91. The minimum Gasteiger partial charge on any atom is -0.457 e. The normalized spacial score (nSPS) is 18.4. The maximum Gasteiger partial charge on any atom is 0.269 e. The standard InChI is InChI=1S/C18H15N3O6S/c19-10-13(18(22)20-14-7-8-28(25,26)11-14)9-16-5-6-17(27-16)12-1-3-15(4-2-12)21(23)24/h1-6,9,14H,7-8,11H2,(H,20,22)/b13-9+/t14-/m1/s1. The largest absolute Gasteiger partial charge is 0.457 e. The fourth-order valence-electron chi connectivity index (χ4n) is 2.80. The van der Waals surface area contributed by atoms with E-state index in [9.17, 15) is 28.6 Å². The average Bonchev–Trinajstić information content (AvgIpc) is 3.25. The van der Waals surface area contributed by atoms with Crippen LogP contribution in [0.15, 0.2) is 46.4 Å². The van der Waals surface area contributed by atoms with Gasteiger partial charge in [0, 0.05) is 29.8 Å². The Morgan fingerprint density at radius 1 is 1.29 bits per heavy atom. The Bertz CT molecular complexity index is 1090. The number of furan rings is 1. The summed E-state index contributed by atoms with van der Waals surface area (Å²) in [5, 5.41) is 22.5. The molecule has 1 aliphatic heterocycles. The van der Waals surface area contributed by atoms with Gasteiger partial charge >= 0.3 is 0 Å². The van der Waals surface area contributed by atoms with Gasteiger partial charge in [0.1, 0.15) is 23.2 Å². The van der Waals surface area contributed by atoms with Gasteiger partial charge in [-0.15, -0.1) is 0 Å². The third-order valence-corrected chi connectivity index (χ3v) is 5.98. The molecule has 2 heterocycles. The Morgan fingerprint density at radius 2 is 2.00 bits per heavy atom. The summed E-state index contributed by atoms with van der Waals surface area (Å²) in [7, 11) is -3.15. The van der Waals surface area contributed by atoms with Crippen LogP contribution < -0.4 is 5.32 Å². The predicted molar refractivity (Wildman–Crippen MR) is 99.6 cm³/mol. The van der Waals surface area contributed by atoms with Crippen LogP contribution in [0.4, 0.5) is 5.69 Å². The number of non-ortho nitro benzene ring substituents is 1. The highest BCUT2D eigenvalue weighted by Crippen LogP contribution is 2.25. The van der Waals surface area contributed by atoms with E-state index in [0.717, 1.165) is 0 Å². The second-order valence-corrected chi connectivity index (χ2v) is 8.48. The monoisotopic (exact) mass is 401 g/mol. The van der Waals surface area contributed by atoms with E-state index in [1.807, 2.05) is 0 Å². The van der Waals surface area contributed by atoms with Gasteiger partial charge in [0.2, 0.25) is 0 Å². The van der Waals surface area contributed by atoms with Gasteiger partial charge in [0.25, 0.3) is 11.6 Å². The van der Waals surface area contributed by atoms with E-state index < -0.39 is 26.7 Å². The van der Waals surface area contributed by atoms with E-state index in [1.165, 1.54) is 30.3 Å². The molecule has 0 saturated carbocycles. The van der Waals surface area contributed by atoms with Crippen molar-refractivity contribution >= 4 is 27.5 Å². The molecule has 1 amide bonds. The SMILES string of the molecule is N#C/C(=C\c1ccc(-c2ccc([N+](=O)[O-])cc2)o1)C(=O)N[C@@H]1CCS(=O)(=O)C1. The Labute approximate surface area is 160 Å². The second-order valence-electron chi connectivity index (χ2n) is 6.25. The summed E-state index contributed by atoms with van der Waals surface area (Å²) in [4.78, 5) is 22.4. The molecule has 0 spiro atoms. The summed E-state index contributed by atoms with van der Waals surface area (Å²) >= 11 is 0. The first-order chi connectivity index (χ1) is 13.3. The molecule has 10 heteroatoms. The van der Waals surface area contributed by atoms with Crippen molar-refractivity contribution in [1.82, 2.24) is 5.32 Å². The average molecular weight is 401 g/mol. The van der Waals surface area contributed by atoms with E-state index in [-0.39, 0.29) is 28.5 Å². The summed E-state index contributed by atoms with van der Waals surface area (Å²) < 4.78 is 28.5. The number of benzene rings is 1. The number of nitrogens with zero attached hydrogens (tertiary/aromatic N) is 2. The van der Waals surface area contributed by atoms with Crippen LogP contribution in [-0.2, 0) is 14.6 Å². The minimum atomic E-state index is -3.15. The number of hydrogen-bond acceptors (Lipinski definition) is 7. The molecule has 3 rings (SSSR count). The van der Waals surface area contributed by atoms with Crippen molar-refractivity contribution in [2.45, 2.75) is 12.5 Å². The van der Waals surface area contributed by atoms with Crippen molar-refractivity contribution in [1.29, 1.82) is 5.26 Å². The molecule has 144 valence electrons. The molecule has 9 nitrogen and oxygen atoms in total. The van der Waals surface area contributed by atoms with Gasteiger partial charge in [-0.2, -0.15) is 5.26 Å². The maximum absolute atomic E-state index is 12.2. The fraction of sp³-hybridized carbons (Fsp3) is 0.222. The van der Waals surface area contributed by atoms with E-state index in [0.29, 0.717) is 17.7 Å². The molecule has 1 fully saturated rings. The van der Waals surface area contributed by atoms with Crippen LogP contribution >= 0.6 is 0 Å². The van der Waals surface area contributed by atoms with E-state index >= 15 is 0 Å². The molecule has 0 radical (unpaired) electrons. The van der Waals surface area contributed by atoms with Crippen LogP contribution in [0, 0.1) is 21.4 Å². The number of carbonyl (C=O) groups is 1. The zero-order chi connectivity index (χ0) is 20.3. The molecule has 1 aliphatic rings. The van der Waals surface area contributed by atoms with Crippen molar-refractivity contribution in [2.24, 2.45) is 0 Å². The number of amides is 1. The molecular formula is C18H15N3O6S. The smallest absolute Gasteiger partial charge is 0.269 e. The molecule has 0 bridgehead atoms. The van der Waals surface area contributed by atoms with Crippen LogP contribution in [0.3, 0.4) is 0 Å². The van der Waals surface area contributed by atoms with E-state index in [1.54, 1.807) is 18.2 Å². The highest BCUT2D eigenvalue weighted by atomic mass is 32.2. The number of nitrogens with one attached hydrogen (secondary N) is 1. The molecular weight excluding hydrogens is 386 g/mol. The Kier molecular flexibility index (Phi) is 5.28. The predicted octanol–water partition coefficient (Wildman–Crippen LogP) is 2.07. The maximum atomic E-state index is 12.2. The number of rotatable bonds is 5. The number of nitro groups is 1. The summed E-state index contributed by atoms with van der Waals surface area (Å²) in [6.07, 6.45) is 1.57. The summed E-state index contributed by atoms with van der Waals surface area (Å²) in [5.74, 6) is -0.124. The lowest BCUT2D eigenvalue weighted by atomic mass is 10.1. The Balaban J connectivity index is 1.74. The van der Waals surface area contributed by atoms with Gasteiger partial charge in [0.05, 0.1) is 16.4 Å². The molecule has 1 aromatic carbocycles. The van der Waals surface area contributed by atoms with Gasteiger partial charge in [-0.1, -0.05) is 0 Å². The molecule has 1 atom stereocenters.